The summed E-state index contributed by atoms with van der Waals surface area (Å²) in [6, 6.07) is 3.77. The van der Waals surface area contributed by atoms with E-state index in [2.05, 4.69) is 20.5 Å². The van der Waals surface area contributed by atoms with E-state index in [0.29, 0.717) is 10.9 Å². The van der Waals surface area contributed by atoms with Crippen LogP contribution in [0.25, 0.3) is 11.4 Å². The van der Waals surface area contributed by atoms with Crippen molar-refractivity contribution in [3.05, 3.63) is 24.5 Å². The number of aromatic nitrogens is 4. The van der Waals surface area contributed by atoms with Gasteiger partial charge in [-0.05, 0) is 12.1 Å². The van der Waals surface area contributed by atoms with Crippen molar-refractivity contribution in [2.24, 2.45) is 7.05 Å². The van der Waals surface area contributed by atoms with E-state index in [1.807, 2.05) is 23.7 Å². The van der Waals surface area contributed by atoms with E-state index in [0.717, 1.165) is 11.4 Å². The van der Waals surface area contributed by atoms with Gasteiger partial charge in [0.2, 0.25) is 5.91 Å². The Morgan fingerprint density at radius 2 is 2.33 bits per heavy atom. The highest BCUT2D eigenvalue weighted by atomic mass is 32.2. The Bertz CT molecular complexity index is 540. The highest BCUT2D eigenvalue weighted by molar-refractivity contribution is 7.99. The van der Waals surface area contributed by atoms with Crippen LogP contribution in [0.5, 0.6) is 0 Å². The highest BCUT2D eigenvalue weighted by Gasteiger charge is 2.12. The fourth-order valence-electron chi connectivity index (χ4n) is 1.39. The molecule has 0 fully saturated rings. The van der Waals surface area contributed by atoms with Gasteiger partial charge in [-0.3, -0.25) is 9.78 Å². The number of rotatable bonds is 4. The molecule has 0 aromatic carbocycles. The molecular formula is C11H13N5OS. The molecule has 7 heteroatoms. The summed E-state index contributed by atoms with van der Waals surface area (Å²) in [5.41, 5.74) is 0.902. The lowest BCUT2D eigenvalue weighted by Crippen LogP contribution is -2.20. The molecule has 0 radical (unpaired) electrons. The molecule has 2 aromatic rings. The van der Waals surface area contributed by atoms with Gasteiger partial charge in [-0.2, -0.15) is 0 Å². The highest BCUT2D eigenvalue weighted by Crippen LogP contribution is 2.21. The lowest BCUT2D eigenvalue weighted by molar-refractivity contribution is -0.118. The Balaban J connectivity index is 2.17. The monoisotopic (exact) mass is 263 g/mol. The Morgan fingerprint density at radius 3 is 3.00 bits per heavy atom. The predicted octanol–water partition coefficient (Wildman–Crippen LogP) is 0.715. The first-order valence-corrected chi connectivity index (χ1v) is 6.34. The summed E-state index contributed by atoms with van der Waals surface area (Å²) in [6.07, 6.45) is 3.44. The van der Waals surface area contributed by atoms with Gasteiger partial charge in [-0.1, -0.05) is 11.8 Å². The normalized spacial score (nSPS) is 10.3. The molecule has 2 aromatic heterocycles. The average Bonchev–Trinajstić information content (AvgIpc) is 2.78. The van der Waals surface area contributed by atoms with Gasteiger partial charge in [-0.15, -0.1) is 10.2 Å². The third kappa shape index (κ3) is 2.67. The quantitative estimate of drug-likeness (QED) is 0.823. The summed E-state index contributed by atoms with van der Waals surface area (Å²) in [6.45, 7) is 0. The molecule has 0 saturated carbocycles. The van der Waals surface area contributed by atoms with Gasteiger partial charge in [0.1, 0.15) is 0 Å². The maximum atomic E-state index is 11.2. The number of nitrogens with zero attached hydrogens (tertiary/aromatic N) is 4. The Labute approximate surface area is 109 Å². The second-order valence-corrected chi connectivity index (χ2v) is 4.51. The van der Waals surface area contributed by atoms with Crippen molar-refractivity contribution in [1.29, 1.82) is 0 Å². The first-order valence-electron chi connectivity index (χ1n) is 5.35. The third-order valence-electron chi connectivity index (χ3n) is 2.37. The van der Waals surface area contributed by atoms with Crippen LogP contribution in [-0.4, -0.2) is 38.5 Å². The number of thioether (sulfide) groups is 1. The van der Waals surface area contributed by atoms with Crippen LogP contribution in [0.3, 0.4) is 0 Å². The van der Waals surface area contributed by atoms with Crippen molar-refractivity contribution in [2.45, 2.75) is 5.16 Å². The number of hydrogen-bond acceptors (Lipinski definition) is 5. The SMILES string of the molecule is CNC(=O)CSc1nnc(-c2cccnc2)n1C. The molecule has 2 heterocycles. The van der Waals surface area contributed by atoms with Crippen molar-refractivity contribution in [2.75, 3.05) is 12.8 Å². The standard InChI is InChI=1S/C11H13N5OS/c1-12-9(17)7-18-11-15-14-10(16(11)2)8-4-3-5-13-6-8/h3-6H,7H2,1-2H3,(H,12,17). The molecule has 0 aliphatic rings. The van der Waals surface area contributed by atoms with Gasteiger partial charge in [0.15, 0.2) is 11.0 Å². The van der Waals surface area contributed by atoms with Gasteiger partial charge in [0.25, 0.3) is 0 Å². The van der Waals surface area contributed by atoms with Gasteiger partial charge >= 0.3 is 0 Å². The molecule has 0 bridgehead atoms. The Hall–Kier alpha value is -1.89. The zero-order valence-electron chi connectivity index (χ0n) is 10.1. The molecule has 0 saturated heterocycles. The molecular weight excluding hydrogens is 250 g/mol. The van der Waals surface area contributed by atoms with Gasteiger partial charge in [0.05, 0.1) is 5.75 Å². The summed E-state index contributed by atoms with van der Waals surface area (Å²) in [4.78, 5) is 15.2. The summed E-state index contributed by atoms with van der Waals surface area (Å²) in [5.74, 6) is 1.03. The maximum Gasteiger partial charge on any atom is 0.230 e. The summed E-state index contributed by atoms with van der Waals surface area (Å²) >= 11 is 1.35. The lowest BCUT2D eigenvalue weighted by atomic mass is 10.3. The summed E-state index contributed by atoms with van der Waals surface area (Å²) < 4.78 is 1.85. The smallest absolute Gasteiger partial charge is 0.230 e. The van der Waals surface area contributed by atoms with E-state index in [9.17, 15) is 4.79 Å². The van der Waals surface area contributed by atoms with Crippen LogP contribution in [-0.2, 0) is 11.8 Å². The van der Waals surface area contributed by atoms with Crippen LogP contribution in [0.4, 0.5) is 0 Å². The molecule has 18 heavy (non-hydrogen) atoms. The zero-order valence-corrected chi connectivity index (χ0v) is 10.9. The molecule has 0 unspecified atom stereocenters. The van der Waals surface area contributed by atoms with E-state index in [4.69, 9.17) is 0 Å². The van der Waals surface area contributed by atoms with Crippen LogP contribution in [0, 0.1) is 0 Å². The molecule has 0 spiro atoms. The summed E-state index contributed by atoms with van der Waals surface area (Å²) in [5, 5.41) is 11.4. The molecule has 0 aliphatic heterocycles. The van der Waals surface area contributed by atoms with E-state index in [-0.39, 0.29) is 5.91 Å². The first kappa shape index (κ1) is 12.6. The van der Waals surface area contributed by atoms with Crippen molar-refractivity contribution < 1.29 is 4.79 Å². The minimum Gasteiger partial charge on any atom is -0.358 e. The minimum atomic E-state index is -0.0362. The Morgan fingerprint density at radius 1 is 1.50 bits per heavy atom. The average molecular weight is 263 g/mol. The number of carbonyl (C=O) groups excluding carboxylic acids is 1. The van der Waals surface area contributed by atoms with E-state index >= 15 is 0 Å². The third-order valence-corrected chi connectivity index (χ3v) is 3.39. The van der Waals surface area contributed by atoms with Gasteiger partial charge in [-0.25, -0.2) is 0 Å². The molecule has 6 nitrogen and oxygen atoms in total. The Kier molecular flexibility index (Phi) is 3.93. The molecule has 2 rings (SSSR count). The van der Waals surface area contributed by atoms with E-state index in [1.165, 1.54) is 11.8 Å². The number of pyridine rings is 1. The van der Waals surface area contributed by atoms with Crippen LogP contribution in [0.2, 0.25) is 0 Å². The summed E-state index contributed by atoms with van der Waals surface area (Å²) in [7, 11) is 3.48. The number of amides is 1. The molecule has 1 N–H and O–H groups in total. The number of nitrogens with one attached hydrogen (secondary N) is 1. The second kappa shape index (κ2) is 5.63. The maximum absolute atomic E-state index is 11.2. The van der Waals surface area contributed by atoms with Crippen molar-refractivity contribution in [3.63, 3.8) is 0 Å². The van der Waals surface area contributed by atoms with Crippen LogP contribution < -0.4 is 5.32 Å². The van der Waals surface area contributed by atoms with E-state index < -0.39 is 0 Å². The zero-order chi connectivity index (χ0) is 13.0. The van der Waals surface area contributed by atoms with Crippen molar-refractivity contribution >= 4 is 17.7 Å². The van der Waals surface area contributed by atoms with Gasteiger partial charge < -0.3 is 9.88 Å². The van der Waals surface area contributed by atoms with Crippen molar-refractivity contribution in [3.8, 4) is 11.4 Å². The van der Waals surface area contributed by atoms with Gasteiger partial charge in [0, 0.05) is 32.1 Å². The number of hydrogen-bond donors (Lipinski definition) is 1. The molecule has 94 valence electrons. The first-order chi connectivity index (χ1) is 8.72. The number of carbonyl (C=O) groups is 1. The topological polar surface area (TPSA) is 72.7 Å². The van der Waals surface area contributed by atoms with Crippen LogP contribution in [0.1, 0.15) is 0 Å². The predicted molar refractivity (Wildman–Crippen MR) is 69.0 cm³/mol. The second-order valence-electron chi connectivity index (χ2n) is 3.57. The van der Waals surface area contributed by atoms with Crippen LogP contribution >= 0.6 is 11.8 Å². The fourth-order valence-corrected chi connectivity index (χ4v) is 2.17. The minimum absolute atomic E-state index is 0.0362. The molecule has 0 aliphatic carbocycles. The molecule has 0 atom stereocenters. The lowest BCUT2D eigenvalue weighted by Gasteiger charge is -2.02. The fraction of sp³-hybridized carbons (Fsp3) is 0.273. The van der Waals surface area contributed by atoms with Crippen molar-refractivity contribution in [1.82, 2.24) is 25.1 Å². The van der Waals surface area contributed by atoms with E-state index in [1.54, 1.807) is 19.4 Å². The largest absolute Gasteiger partial charge is 0.358 e. The molecule has 1 amide bonds. The van der Waals surface area contributed by atoms with Crippen LogP contribution in [0.15, 0.2) is 29.7 Å².